The van der Waals surface area contributed by atoms with Gasteiger partial charge in [0.15, 0.2) is 0 Å². The first-order chi connectivity index (χ1) is 7.17. The van der Waals surface area contributed by atoms with Gasteiger partial charge in [-0.2, -0.15) is 0 Å². The lowest BCUT2D eigenvalue weighted by Crippen LogP contribution is -2.24. The van der Waals surface area contributed by atoms with Crippen LogP contribution >= 0.6 is 27.3 Å². The van der Waals surface area contributed by atoms with Crippen LogP contribution < -0.4 is 0 Å². The summed E-state index contributed by atoms with van der Waals surface area (Å²) in [6, 6.07) is 0. The van der Waals surface area contributed by atoms with E-state index >= 15 is 0 Å². The van der Waals surface area contributed by atoms with Gasteiger partial charge in [-0.25, -0.2) is 4.98 Å². The van der Waals surface area contributed by atoms with Crippen molar-refractivity contribution < 1.29 is 0 Å². The van der Waals surface area contributed by atoms with Gasteiger partial charge in [-0.3, -0.25) is 4.90 Å². The maximum atomic E-state index is 4.57. The van der Waals surface area contributed by atoms with Crippen LogP contribution in [0.4, 0.5) is 0 Å². The van der Waals surface area contributed by atoms with Crippen molar-refractivity contribution in [3.05, 3.63) is 15.6 Å². The van der Waals surface area contributed by atoms with Crippen molar-refractivity contribution in [2.24, 2.45) is 0 Å². The van der Waals surface area contributed by atoms with E-state index in [0.717, 1.165) is 25.0 Å². The van der Waals surface area contributed by atoms with Crippen molar-refractivity contribution in [2.75, 3.05) is 18.4 Å². The summed E-state index contributed by atoms with van der Waals surface area (Å²) in [5.74, 6) is 0. The lowest BCUT2D eigenvalue weighted by molar-refractivity contribution is 0.281. The number of halogens is 1. The molecule has 0 saturated heterocycles. The minimum Gasteiger partial charge on any atom is -0.297 e. The molecule has 86 valence electrons. The highest BCUT2D eigenvalue weighted by Gasteiger charge is 2.08. The van der Waals surface area contributed by atoms with Crippen LogP contribution in [0.1, 0.15) is 28.9 Å². The first-order valence-electron chi connectivity index (χ1n) is 5.38. The Balaban J connectivity index is 2.50. The smallest absolute Gasteiger partial charge is 0.107 e. The van der Waals surface area contributed by atoms with Crippen LogP contribution in [0.3, 0.4) is 0 Å². The van der Waals surface area contributed by atoms with Gasteiger partial charge in [-0.1, -0.05) is 22.9 Å². The molecule has 0 aliphatic heterocycles. The fourth-order valence-corrected chi connectivity index (χ4v) is 2.66. The Hall–Kier alpha value is 0.0700. The molecule has 1 aromatic heterocycles. The number of nitrogens with zero attached hydrogens (tertiary/aromatic N) is 2. The first kappa shape index (κ1) is 13.1. The third kappa shape index (κ3) is 4.21. The molecule has 0 spiro atoms. The number of thiazole rings is 1. The van der Waals surface area contributed by atoms with Crippen LogP contribution in [0, 0.1) is 13.8 Å². The summed E-state index contributed by atoms with van der Waals surface area (Å²) in [7, 11) is 0. The van der Waals surface area contributed by atoms with Crippen molar-refractivity contribution >= 4 is 27.3 Å². The number of alkyl halides is 1. The van der Waals surface area contributed by atoms with Gasteiger partial charge >= 0.3 is 0 Å². The number of aryl methyl sites for hydroxylation is 2. The normalized spacial score (nSPS) is 11.3. The second-order valence-corrected chi connectivity index (χ2v) is 5.74. The van der Waals surface area contributed by atoms with Gasteiger partial charge in [-0.05, 0) is 33.4 Å². The number of hydrogen-bond acceptors (Lipinski definition) is 3. The molecule has 1 rings (SSSR count). The second-order valence-electron chi connectivity index (χ2n) is 3.66. The van der Waals surface area contributed by atoms with E-state index in [1.807, 2.05) is 11.3 Å². The quantitative estimate of drug-likeness (QED) is 0.747. The zero-order valence-electron chi connectivity index (χ0n) is 9.72. The zero-order chi connectivity index (χ0) is 11.3. The van der Waals surface area contributed by atoms with Gasteiger partial charge in [0.2, 0.25) is 0 Å². The molecule has 0 aliphatic rings. The molecular weight excluding hydrogens is 272 g/mol. The van der Waals surface area contributed by atoms with E-state index in [4.69, 9.17) is 0 Å². The molecule has 0 unspecified atom stereocenters. The summed E-state index contributed by atoms with van der Waals surface area (Å²) >= 11 is 5.30. The largest absolute Gasteiger partial charge is 0.297 e. The van der Waals surface area contributed by atoms with E-state index in [1.54, 1.807) is 0 Å². The molecule has 0 fully saturated rings. The topological polar surface area (TPSA) is 16.1 Å². The summed E-state index contributed by atoms with van der Waals surface area (Å²) in [6.07, 6.45) is 1.21. The van der Waals surface area contributed by atoms with Gasteiger partial charge in [0.1, 0.15) is 5.01 Å². The SMILES string of the molecule is CCN(CCCBr)Cc1nc(C)c(C)s1. The molecule has 0 N–H and O–H groups in total. The van der Waals surface area contributed by atoms with Crippen molar-refractivity contribution in [2.45, 2.75) is 33.7 Å². The van der Waals surface area contributed by atoms with Gasteiger partial charge in [-0.15, -0.1) is 11.3 Å². The molecule has 0 bridgehead atoms. The van der Waals surface area contributed by atoms with Crippen molar-refractivity contribution in [3.8, 4) is 0 Å². The molecule has 1 heterocycles. The van der Waals surface area contributed by atoms with E-state index in [0.29, 0.717) is 0 Å². The highest BCUT2D eigenvalue weighted by atomic mass is 79.9. The molecule has 0 saturated carbocycles. The Bertz CT molecular complexity index is 279. The monoisotopic (exact) mass is 290 g/mol. The average molecular weight is 291 g/mol. The third-order valence-electron chi connectivity index (χ3n) is 2.49. The van der Waals surface area contributed by atoms with E-state index < -0.39 is 0 Å². The number of aromatic nitrogens is 1. The molecule has 0 atom stereocenters. The summed E-state index contributed by atoms with van der Waals surface area (Å²) in [5.41, 5.74) is 1.19. The fraction of sp³-hybridized carbons (Fsp3) is 0.727. The third-order valence-corrected chi connectivity index (χ3v) is 4.11. The average Bonchev–Trinajstić information content (AvgIpc) is 2.53. The van der Waals surface area contributed by atoms with Crippen LogP contribution in [0.2, 0.25) is 0 Å². The molecule has 0 aromatic carbocycles. The lowest BCUT2D eigenvalue weighted by atomic mass is 10.4. The van der Waals surface area contributed by atoms with Gasteiger partial charge in [0, 0.05) is 10.2 Å². The molecular formula is C11H19BrN2S. The molecule has 1 aromatic rings. The molecule has 0 aliphatic carbocycles. The predicted molar refractivity (Wildman–Crippen MR) is 71.0 cm³/mol. The van der Waals surface area contributed by atoms with Crippen LogP contribution in [-0.4, -0.2) is 28.3 Å². The minimum atomic E-state index is 1.00. The van der Waals surface area contributed by atoms with E-state index in [-0.39, 0.29) is 0 Å². The fourth-order valence-electron chi connectivity index (χ4n) is 1.43. The van der Waals surface area contributed by atoms with Crippen LogP contribution in [0.15, 0.2) is 0 Å². The Morgan fingerprint density at radius 2 is 2.13 bits per heavy atom. The Kier molecular flexibility index (Phi) is 5.79. The molecule has 0 amide bonds. The van der Waals surface area contributed by atoms with E-state index in [2.05, 4.69) is 46.6 Å². The Labute approximate surface area is 105 Å². The van der Waals surface area contributed by atoms with Crippen LogP contribution in [0.25, 0.3) is 0 Å². The summed E-state index contributed by atoms with van der Waals surface area (Å²) < 4.78 is 0. The minimum absolute atomic E-state index is 1.00. The van der Waals surface area contributed by atoms with Crippen molar-refractivity contribution in [1.82, 2.24) is 9.88 Å². The first-order valence-corrected chi connectivity index (χ1v) is 7.32. The van der Waals surface area contributed by atoms with Crippen LogP contribution in [-0.2, 0) is 6.54 Å². The summed E-state index contributed by atoms with van der Waals surface area (Å²) in [6.45, 7) is 9.70. The highest BCUT2D eigenvalue weighted by molar-refractivity contribution is 9.09. The van der Waals surface area contributed by atoms with Crippen molar-refractivity contribution in [1.29, 1.82) is 0 Å². The summed E-state index contributed by atoms with van der Waals surface area (Å²) in [4.78, 5) is 8.36. The number of hydrogen-bond donors (Lipinski definition) is 0. The Morgan fingerprint density at radius 3 is 2.60 bits per heavy atom. The number of rotatable bonds is 6. The van der Waals surface area contributed by atoms with Crippen LogP contribution in [0.5, 0.6) is 0 Å². The van der Waals surface area contributed by atoms with Gasteiger partial charge in [0.05, 0.1) is 12.2 Å². The zero-order valence-corrected chi connectivity index (χ0v) is 12.1. The summed E-state index contributed by atoms with van der Waals surface area (Å²) in [5, 5.41) is 2.33. The standard InChI is InChI=1S/C11H19BrN2S/c1-4-14(7-5-6-12)8-11-13-9(2)10(3)15-11/h4-8H2,1-3H3. The Morgan fingerprint density at radius 1 is 1.40 bits per heavy atom. The van der Waals surface area contributed by atoms with Gasteiger partial charge in [0.25, 0.3) is 0 Å². The molecule has 0 radical (unpaired) electrons. The predicted octanol–water partition coefficient (Wildman–Crippen LogP) is 3.37. The van der Waals surface area contributed by atoms with Gasteiger partial charge < -0.3 is 0 Å². The van der Waals surface area contributed by atoms with E-state index in [9.17, 15) is 0 Å². The van der Waals surface area contributed by atoms with E-state index in [1.165, 1.54) is 22.0 Å². The molecule has 2 nitrogen and oxygen atoms in total. The second kappa shape index (κ2) is 6.61. The van der Waals surface area contributed by atoms with Crippen molar-refractivity contribution in [3.63, 3.8) is 0 Å². The lowest BCUT2D eigenvalue weighted by Gasteiger charge is -2.17. The highest BCUT2D eigenvalue weighted by Crippen LogP contribution is 2.18. The molecule has 4 heteroatoms. The maximum absolute atomic E-state index is 4.57. The molecule has 15 heavy (non-hydrogen) atoms. The maximum Gasteiger partial charge on any atom is 0.107 e.